The molecule has 0 saturated carbocycles. The number of thiophene rings is 1. The molecule has 0 aliphatic carbocycles. The van der Waals surface area contributed by atoms with Gasteiger partial charge in [0.2, 0.25) is 5.91 Å². The molecule has 0 fully saturated rings. The predicted octanol–water partition coefficient (Wildman–Crippen LogP) is 4.52. The van der Waals surface area contributed by atoms with E-state index in [0.29, 0.717) is 12.1 Å². The van der Waals surface area contributed by atoms with Gasteiger partial charge in [0, 0.05) is 17.5 Å². The Morgan fingerprint density at radius 1 is 1.35 bits per heavy atom. The number of amides is 1. The first-order valence-electron chi connectivity index (χ1n) is 8.17. The summed E-state index contributed by atoms with van der Waals surface area (Å²) in [7, 11) is 1.38. The number of benzene rings is 1. The fraction of sp³-hybridized carbons (Fsp3) is 0.316. The number of alkyl halides is 2. The fourth-order valence-electron chi connectivity index (χ4n) is 3.05. The van der Waals surface area contributed by atoms with Crippen LogP contribution in [0, 0.1) is 0 Å². The Hall–Kier alpha value is -2.41. The number of carbonyl (C=O) groups excluding carboxylic acids is 1. The van der Waals surface area contributed by atoms with Gasteiger partial charge >= 0.3 is 6.61 Å². The Balaban J connectivity index is 1.72. The summed E-state index contributed by atoms with van der Waals surface area (Å²) in [5, 5.41) is 2.06. The lowest BCUT2D eigenvalue weighted by molar-refractivity contribution is -0.128. The molecule has 1 atom stereocenters. The molecule has 1 aromatic carbocycles. The number of hydrogen-bond donors (Lipinski definition) is 0. The molecule has 1 amide bonds. The van der Waals surface area contributed by atoms with Crippen LogP contribution in [0.15, 0.2) is 35.7 Å². The summed E-state index contributed by atoms with van der Waals surface area (Å²) in [5.74, 6) is 0.0657. The number of ether oxygens (including phenoxy) is 2. The van der Waals surface area contributed by atoms with Gasteiger partial charge in [-0.15, -0.1) is 11.3 Å². The normalized spacial score (nSPS) is 16.8. The van der Waals surface area contributed by atoms with Crippen molar-refractivity contribution in [2.75, 3.05) is 13.7 Å². The van der Waals surface area contributed by atoms with Crippen molar-refractivity contribution in [3.63, 3.8) is 0 Å². The number of rotatable bonds is 5. The van der Waals surface area contributed by atoms with Crippen LogP contribution in [0.4, 0.5) is 8.78 Å². The van der Waals surface area contributed by atoms with Crippen LogP contribution >= 0.6 is 11.3 Å². The van der Waals surface area contributed by atoms with Crippen molar-refractivity contribution in [2.24, 2.45) is 0 Å². The zero-order chi connectivity index (χ0) is 18.7. The topological polar surface area (TPSA) is 38.8 Å². The average molecular weight is 379 g/mol. The zero-order valence-corrected chi connectivity index (χ0v) is 15.3. The number of nitrogens with zero attached hydrogens (tertiary/aromatic N) is 1. The number of fused-ring (bicyclic) bond motifs is 1. The van der Waals surface area contributed by atoms with Crippen molar-refractivity contribution in [2.45, 2.75) is 26.0 Å². The van der Waals surface area contributed by atoms with Crippen molar-refractivity contribution < 1.29 is 23.0 Å². The summed E-state index contributed by atoms with van der Waals surface area (Å²) in [5.41, 5.74) is 1.87. The standard InChI is InChI=1S/C19H19F2NO3S/c1-12-14-8-10-26-17(14)7-9-22(12)18(23)6-4-13-3-5-15(25-19(20)21)16(11-13)24-2/h3-6,8,10-12,19H,7,9H2,1-2H3. The van der Waals surface area contributed by atoms with E-state index < -0.39 is 6.61 Å². The molecular weight excluding hydrogens is 360 g/mol. The monoisotopic (exact) mass is 379 g/mol. The van der Waals surface area contributed by atoms with E-state index in [1.165, 1.54) is 29.7 Å². The quantitative estimate of drug-likeness (QED) is 0.717. The third kappa shape index (κ3) is 3.88. The van der Waals surface area contributed by atoms with Crippen molar-refractivity contribution in [3.8, 4) is 11.5 Å². The highest BCUT2D eigenvalue weighted by Gasteiger charge is 2.27. The van der Waals surface area contributed by atoms with Gasteiger partial charge in [-0.2, -0.15) is 8.78 Å². The number of carbonyl (C=O) groups is 1. The molecule has 1 aliphatic heterocycles. The summed E-state index contributed by atoms with van der Waals surface area (Å²) in [6.07, 6.45) is 4.01. The van der Waals surface area contributed by atoms with Crippen LogP contribution in [0.3, 0.4) is 0 Å². The predicted molar refractivity (Wildman–Crippen MR) is 96.8 cm³/mol. The largest absolute Gasteiger partial charge is 0.493 e. The van der Waals surface area contributed by atoms with Gasteiger partial charge in [-0.25, -0.2) is 0 Å². The molecule has 0 saturated heterocycles. The molecule has 1 aromatic heterocycles. The lowest BCUT2D eigenvalue weighted by Gasteiger charge is -2.32. The summed E-state index contributed by atoms with van der Waals surface area (Å²) < 4.78 is 34.2. The van der Waals surface area contributed by atoms with Gasteiger partial charge < -0.3 is 14.4 Å². The van der Waals surface area contributed by atoms with Crippen LogP contribution in [0.25, 0.3) is 6.08 Å². The molecule has 138 valence electrons. The van der Waals surface area contributed by atoms with E-state index >= 15 is 0 Å². The van der Waals surface area contributed by atoms with Gasteiger partial charge in [0.15, 0.2) is 11.5 Å². The van der Waals surface area contributed by atoms with Crippen LogP contribution in [-0.2, 0) is 11.2 Å². The van der Waals surface area contributed by atoms with Crippen LogP contribution in [-0.4, -0.2) is 31.1 Å². The summed E-state index contributed by atoms with van der Waals surface area (Å²) in [4.78, 5) is 15.7. The van der Waals surface area contributed by atoms with E-state index in [1.807, 2.05) is 11.8 Å². The maximum absolute atomic E-state index is 12.6. The number of halogens is 2. The minimum Gasteiger partial charge on any atom is -0.493 e. The Morgan fingerprint density at radius 2 is 2.15 bits per heavy atom. The third-order valence-corrected chi connectivity index (χ3v) is 5.38. The first kappa shape index (κ1) is 18.4. The minimum atomic E-state index is -2.92. The summed E-state index contributed by atoms with van der Waals surface area (Å²) >= 11 is 1.73. The first-order chi connectivity index (χ1) is 12.5. The summed E-state index contributed by atoms with van der Waals surface area (Å²) in [6.45, 7) is -0.215. The maximum atomic E-state index is 12.6. The van der Waals surface area contributed by atoms with Crippen molar-refractivity contribution >= 4 is 23.3 Å². The number of hydrogen-bond acceptors (Lipinski definition) is 4. The van der Waals surface area contributed by atoms with Crippen LogP contribution < -0.4 is 9.47 Å². The van der Waals surface area contributed by atoms with Crippen molar-refractivity contribution in [1.29, 1.82) is 0 Å². The molecular formula is C19H19F2NO3S. The number of methoxy groups -OCH3 is 1. The third-order valence-electron chi connectivity index (χ3n) is 4.38. The average Bonchev–Trinajstić information content (AvgIpc) is 3.10. The first-order valence-corrected chi connectivity index (χ1v) is 9.05. The highest BCUT2D eigenvalue weighted by atomic mass is 32.1. The molecule has 0 spiro atoms. The molecule has 4 nitrogen and oxygen atoms in total. The SMILES string of the molecule is COc1cc(C=CC(=O)N2CCc3sccc3C2C)ccc1OC(F)F. The maximum Gasteiger partial charge on any atom is 0.387 e. The molecule has 2 aromatic rings. The van der Waals surface area contributed by atoms with Gasteiger partial charge in [0.25, 0.3) is 0 Å². The molecule has 0 radical (unpaired) electrons. The fourth-order valence-corrected chi connectivity index (χ4v) is 4.02. The zero-order valence-electron chi connectivity index (χ0n) is 14.4. The van der Waals surface area contributed by atoms with Gasteiger partial charge in [0.05, 0.1) is 13.2 Å². The molecule has 3 rings (SSSR count). The van der Waals surface area contributed by atoms with Gasteiger partial charge in [0.1, 0.15) is 0 Å². The van der Waals surface area contributed by atoms with Crippen LogP contribution in [0.5, 0.6) is 11.5 Å². The highest BCUT2D eigenvalue weighted by Crippen LogP contribution is 2.33. The Bertz CT molecular complexity index is 819. The van der Waals surface area contributed by atoms with E-state index in [0.717, 1.165) is 6.42 Å². The summed E-state index contributed by atoms with van der Waals surface area (Å²) in [6, 6.07) is 6.66. The van der Waals surface area contributed by atoms with Gasteiger partial charge in [-0.1, -0.05) is 6.07 Å². The molecule has 7 heteroatoms. The molecule has 2 heterocycles. The van der Waals surface area contributed by atoms with E-state index in [-0.39, 0.29) is 23.4 Å². The molecule has 0 N–H and O–H groups in total. The second kappa shape index (κ2) is 7.86. The molecule has 1 unspecified atom stereocenters. The van der Waals surface area contributed by atoms with E-state index in [4.69, 9.17) is 4.74 Å². The van der Waals surface area contributed by atoms with E-state index in [9.17, 15) is 13.6 Å². The Kier molecular flexibility index (Phi) is 5.56. The second-order valence-corrected chi connectivity index (χ2v) is 6.88. The lowest BCUT2D eigenvalue weighted by atomic mass is 10.0. The Labute approximate surface area is 154 Å². The molecule has 0 bridgehead atoms. The van der Waals surface area contributed by atoms with Gasteiger partial charge in [-0.3, -0.25) is 4.79 Å². The molecule has 1 aliphatic rings. The second-order valence-electron chi connectivity index (χ2n) is 5.88. The Morgan fingerprint density at radius 3 is 2.88 bits per heavy atom. The van der Waals surface area contributed by atoms with E-state index in [1.54, 1.807) is 29.5 Å². The van der Waals surface area contributed by atoms with Crippen LogP contribution in [0.2, 0.25) is 0 Å². The van der Waals surface area contributed by atoms with E-state index in [2.05, 4.69) is 16.2 Å². The van der Waals surface area contributed by atoms with Crippen LogP contribution in [0.1, 0.15) is 29.0 Å². The lowest BCUT2D eigenvalue weighted by Crippen LogP contribution is -2.37. The van der Waals surface area contributed by atoms with Gasteiger partial charge in [-0.05, 0) is 54.1 Å². The van der Waals surface area contributed by atoms with Crippen molar-refractivity contribution in [3.05, 3.63) is 51.7 Å². The highest BCUT2D eigenvalue weighted by molar-refractivity contribution is 7.10. The smallest absolute Gasteiger partial charge is 0.387 e. The molecule has 26 heavy (non-hydrogen) atoms. The van der Waals surface area contributed by atoms with Crippen molar-refractivity contribution in [1.82, 2.24) is 4.90 Å². The minimum absolute atomic E-state index is 0.0403.